The van der Waals surface area contributed by atoms with E-state index in [1.165, 1.54) is 6.26 Å². The van der Waals surface area contributed by atoms with Gasteiger partial charge >= 0.3 is 0 Å². The van der Waals surface area contributed by atoms with Crippen LogP contribution < -0.4 is 10.6 Å². The van der Waals surface area contributed by atoms with Crippen molar-refractivity contribution in [3.63, 3.8) is 0 Å². The van der Waals surface area contributed by atoms with Crippen molar-refractivity contribution in [3.05, 3.63) is 0 Å². The van der Waals surface area contributed by atoms with E-state index in [9.17, 15) is 8.42 Å². The molecule has 0 aliphatic rings. The summed E-state index contributed by atoms with van der Waals surface area (Å²) in [6.07, 6.45) is 3.21. The van der Waals surface area contributed by atoms with Crippen LogP contribution in [0.3, 0.4) is 0 Å². The molecule has 6 nitrogen and oxygen atoms in total. The van der Waals surface area contributed by atoms with Crippen molar-refractivity contribution in [2.24, 2.45) is 4.99 Å². The highest BCUT2D eigenvalue weighted by Crippen LogP contribution is 1.88. The Labute approximate surface area is 110 Å². The Morgan fingerprint density at radius 2 is 1.89 bits per heavy atom. The largest absolute Gasteiger partial charge is 0.382 e. The number of nitrogens with one attached hydrogen (secondary N) is 2. The number of rotatable bonds is 9. The predicted octanol–water partition coefficient (Wildman–Crippen LogP) is 0.0127. The lowest BCUT2D eigenvalue weighted by Crippen LogP contribution is -2.39. The quantitative estimate of drug-likeness (QED) is 0.353. The molecule has 108 valence electrons. The van der Waals surface area contributed by atoms with Gasteiger partial charge in [-0.2, -0.15) is 0 Å². The topological polar surface area (TPSA) is 79.8 Å². The van der Waals surface area contributed by atoms with Gasteiger partial charge in [-0.15, -0.1) is 0 Å². The fraction of sp³-hybridized carbons (Fsp3) is 0.909. The van der Waals surface area contributed by atoms with E-state index in [1.54, 1.807) is 7.05 Å². The fourth-order valence-corrected chi connectivity index (χ4v) is 1.73. The van der Waals surface area contributed by atoms with Gasteiger partial charge in [0, 0.05) is 39.6 Å². The molecule has 0 aromatic heterocycles. The van der Waals surface area contributed by atoms with Crippen LogP contribution >= 0.6 is 0 Å². The first-order chi connectivity index (χ1) is 8.49. The molecule has 0 fully saturated rings. The van der Waals surface area contributed by atoms with E-state index >= 15 is 0 Å². The Morgan fingerprint density at radius 1 is 1.22 bits per heavy atom. The highest BCUT2D eigenvalue weighted by Gasteiger charge is 2.02. The van der Waals surface area contributed by atoms with Crippen molar-refractivity contribution in [2.45, 2.75) is 19.8 Å². The van der Waals surface area contributed by atoms with Crippen LogP contribution in [0, 0.1) is 0 Å². The Bertz CT molecular complexity index is 328. The third-order valence-corrected chi connectivity index (χ3v) is 3.15. The third-order valence-electron chi connectivity index (χ3n) is 2.20. The molecule has 0 saturated heterocycles. The summed E-state index contributed by atoms with van der Waals surface area (Å²) in [6, 6.07) is 0. The zero-order valence-corrected chi connectivity index (χ0v) is 12.3. The van der Waals surface area contributed by atoms with Crippen LogP contribution in [-0.2, 0) is 14.6 Å². The Balaban J connectivity index is 3.60. The van der Waals surface area contributed by atoms with E-state index in [-0.39, 0.29) is 5.75 Å². The second-order valence-corrected chi connectivity index (χ2v) is 6.22. The van der Waals surface area contributed by atoms with E-state index in [0.29, 0.717) is 12.5 Å². The van der Waals surface area contributed by atoms with Gasteiger partial charge < -0.3 is 15.4 Å². The first kappa shape index (κ1) is 17.2. The highest BCUT2D eigenvalue weighted by molar-refractivity contribution is 7.90. The molecule has 0 aromatic rings. The van der Waals surface area contributed by atoms with E-state index in [0.717, 1.165) is 32.6 Å². The lowest BCUT2D eigenvalue weighted by atomic mass is 10.3. The molecule has 0 rings (SSSR count). The average molecular weight is 279 g/mol. The molecule has 0 aliphatic carbocycles. The maximum absolute atomic E-state index is 10.9. The van der Waals surface area contributed by atoms with Crippen LogP contribution in [0.4, 0.5) is 0 Å². The number of nitrogens with zero attached hydrogens (tertiary/aromatic N) is 1. The average Bonchev–Trinajstić information content (AvgIpc) is 2.29. The van der Waals surface area contributed by atoms with Crippen LogP contribution in [0.1, 0.15) is 19.8 Å². The van der Waals surface area contributed by atoms with Crippen LogP contribution in [0.15, 0.2) is 4.99 Å². The maximum atomic E-state index is 10.9. The molecule has 0 aliphatic heterocycles. The molecule has 0 aromatic carbocycles. The van der Waals surface area contributed by atoms with Gasteiger partial charge in [-0.3, -0.25) is 4.99 Å². The third kappa shape index (κ3) is 11.7. The summed E-state index contributed by atoms with van der Waals surface area (Å²) in [7, 11) is -1.26. The van der Waals surface area contributed by atoms with Crippen molar-refractivity contribution in [1.29, 1.82) is 0 Å². The normalized spacial score (nSPS) is 12.5. The summed E-state index contributed by atoms with van der Waals surface area (Å²) in [5.41, 5.74) is 0. The first-order valence-electron chi connectivity index (χ1n) is 6.19. The zero-order chi connectivity index (χ0) is 13.9. The fourth-order valence-electron chi connectivity index (χ4n) is 1.26. The van der Waals surface area contributed by atoms with Gasteiger partial charge in [0.05, 0.1) is 5.75 Å². The van der Waals surface area contributed by atoms with E-state index < -0.39 is 9.84 Å². The van der Waals surface area contributed by atoms with E-state index in [1.807, 2.05) is 6.92 Å². The van der Waals surface area contributed by atoms with Crippen molar-refractivity contribution < 1.29 is 13.2 Å². The Morgan fingerprint density at radius 3 is 2.44 bits per heavy atom. The number of aliphatic imine (C=N–C) groups is 1. The summed E-state index contributed by atoms with van der Waals surface area (Å²) in [4.78, 5) is 4.01. The Kier molecular flexibility index (Phi) is 9.67. The SMILES string of the molecule is CCOCCCCNC(=NC)NCCS(C)(=O)=O. The first-order valence-corrected chi connectivity index (χ1v) is 8.25. The van der Waals surface area contributed by atoms with Gasteiger partial charge in [0.1, 0.15) is 9.84 Å². The zero-order valence-electron chi connectivity index (χ0n) is 11.5. The molecule has 0 amide bonds. The van der Waals surface area contributed by atoms with Crippen molar-refractivity contribution in [3.8, 4) is 0 Å². The summed E-state index contributed by atoms with van der Waals surface area (Å²) >= 11 is 0. The van der Waals surface area contributed by atoms with Gasteiger partial charge in [-0.1, -0.05) is 0 Å². The smallest absolute Gasteiger partial charge is 0.191 e. The molecule has 0 spiro atoms. The van der Waals surface area contributed by atoms with Gasteiger partial charge in [-0.05, 0) is 19.8 Å². The van der Waals surface area contributed by atoms with E-state index in [2.05, 4.69) is 15.6 Å². The summed E-state index contributed by atoms with van der Waals surface area (Å²) < 4.78 is 27.1. The predicted molar refractivity (Wildman–Crippen MR) is 74.8 cm³/mol. The standard InChI is InChI=1S/C11H25N3O3S/c1-4-17-9-6-5-7-13-11(12-2)14-8-10-18(3,15)16/h4-10H2,1-3H3,(H2,12,13,14). The molecular weight excluding hydrogens is 254 g/mol. The summed E-state index contributed by atoms with van der Waals surface area (Å²) in [6.45, 7) is 4.68. The Hall–Kier alpha value is -0.820. The van der Waals surface area contributed by atoms with Gasteiger partial charge in [0.2, 0.25) is 0 Å². The minimum absolute atomic E-state index is 0.109. The summed E-state index contributed by atoms with van der Waals surface area (Å²) in [5.74, 6) is 0.743. The number of sulfone groups is 1. The molecule has 2 N–H and O–H groups in total. The van der Waals surface area contributed by atoms with Crippen LogP contribution in [0.2, 0.25) is 0 Å². The maximum Gasteiger partial charge on any atom is 0.191 e. The van der Waals surface area contributed by atoms with Crippen LogP contribution in [0.25, 0.3) is 0 Å². The molecule has 0 unspecified atom stereocenters. The molecule has 0 atom stereocenters. The molecular formula is C11H25N3O3S. The minimum Gasteiger partial charge on any atom is -0.382 e. The number of hydrogen-bond acceptors (Lipinski definition) is 4. The second-order valence-electron chi connectivity index (χ2n) is 3.96. The van der Waals surface area contributed by atoms with Crippen LogP contribution in [-0.4, -0.2) is 59.7 Å². The lowest BCUT2D eigenvalue weighted by molar-refractivity contribution is 0.143. The molecule has 0 radical (unpaired) electrons. The van der Waals surface area contributed by atoms with Crippen molar-refractivity contribution in [1.82, 2.24) is 10.6 Å². The number of hydrogen-bond donors (Lipinski definition) is 2. The second kappa shape index (κ2) is 10.1. The monoisotopic (exact) mass is 279 g/mol. The molecule has 0 heterocycles. The molecule has 18 heavy (non-hydrogen) atoms. The van der Waals surface area contributed by atoms with Gasteiger partial charge in [0.15, 0.2) is 5.96 Å². The number of unbranched alkanes of at least 4 members (excludes halogenated alkanes) is 1. The van der Waals surface area contributed by atoms with Crippen molar-refractivity contribution >= 4 is 15.8 Å². The molecule has 0 bridgehead atoms. The number of ether oxygens (including phenoxy) is 1. The molecule has 0 saturated carbocycles. The van der Waals surface area contributed by atoms with Gasteiger partial charge in [0.25, 0.3) is 0 Å². The van der Waals surface area contributed by atoms with Gasteiger partial charge in [-0.25, -0.2) is 8.42 Å². The van der Waals surface area contributed by atoms with E-state index in [4.69, 9.17) is 4.74 Å². The minimum atomic E-state index is -2.93. The highest BCUT2D eigenvalue weighted by atomic mass is 32.2. The number of guanidine groups is 1. The van der Waals surface area contributed by atoms with Crippen molar-refractivity contribution in [2.75, 3.05) is 45.4 Å². The molecule has 7 heteroatoms. The lowest BCUT2D eigenvalue weighted by Gasteiger charge is -2.11. The van der Waals surface area contributed by atoms with Crippen LogP contribution in [0.5, 0.6) is 0 Å². The summed E-state index contributed by atoms with van der Waals surface area (Å²) in [5, 5.41) is 6.08.